The molecule has 0 aromatic heterocycles. The fourth-order valence-electron chi connectivity index (χ4n) is 12.4. The van der Waals surface area contributed by atoms with E-state index >= 15 is 0 Å². The molecule has 3 saturated carbocycles. The van der Waals surface area contributed by atoms with Crippen LogP contribution in [0.15, 0.2) is 96.1 Å². The fourth-order valence-corrected chi connectivity index (χ4v) is 48.0. The number of hydrogen-bond donors (Lipinski definition) is 0. The molecule has 1 aliphatic heterocycles. The van der Waals surface area contributed by atoms with E-state index in [-0.39, 0.29) is 24.8 Å². The maximum absolute atomic E-state index is 3.29. The molecule has 0 spiro atoms. The van der Waals surface area contributed by atoms with Gasteiger partial charge in [0.1, 0.15) is 0 Å². The molecular weight excluding hydrogens is 826 g/mol. The minimum Gasteiger partial charge on any atom is -1.00 e. The molecule has 4 aromatic rings. The summed E-state index contributed by atoms with van der Waals surface area (Å²) in [5, 5.41) is 0. The SMILES string of the molecule is Cc1ccc(-c2cccc3c2C=C(C2CCCC2)[CH]3[Hf+2]2([CH]3C(C4CCCC4)=Cc4c(-c5ccc(C)cc5)cccc43)[CH]3CCCC[CH]32)cc1.[Cl-].[Cl-]. The van der Waals surface area contributed by atoms with E-state index in [1.807, 2.05) is 11.1 Å². The molecule has 0 N–H and O–H groups in total. The minimum absolute atomic E-state index is 0. The Morgan fingerprint density at radius 2 is 0.824 bits per heavy atom. The van der Waals surface area contributed by atoms with E-state index in [4.69, 9.17) is 0 Å². The quantitative estimate of drug-likeness (QED) is 0.173. The third-order valence-electron chi connectivity index (χ3n) is 14.5. The maximum atomic E-state index is 2.83. The van der Waals surface area contributed by atoms with E-state index in [1.165, 1.54) is 110 Å². The normalized spacial score (nSPS) is 26.6. The van der Waals surface area contributed by atoms with Gasteiger partial charge in [0, 0.05) is 0 Å². The Hall–Kier alpha value is -2.19. The Labute approximate surface area is 323 Å². The molecule has 4 atom stereocenters. The summed E-state index contributed by atoms with van der Waals surface area (Å²) in [5.41, 5.74) is 19.1. The van der Waals surface area contributed by atoms with Crippen LogP contribution in [0.25, 0.3) is 34.4 Å². The van der Waals surface area contributed by atoms with Gasteiger partial charge in [-0.25, -0.2) is 0 Å². The average molecular weight is 878 g/mol. The number of halogens is 2. The predicted octanol–water partition coefficient (Wildman–Crippen LogP) is 7.92. The molecule has 4 unspecified atom stereocenters. The van der Waals surface area contributed by atoms with Crippen molar-refractivity contribution in [3.8, 4) is 22.3 Å². The molecule has 51 heavy (non-hydrogen) atoms. The van der Waals surface area contributed by atoms with Crippen LogP contribution in [-0.2, 0) is 20.0 Å². The first kappa shape index (κ1) is 35.8. The van der Waals surface area contributed by atoms with Gasteiger partial charge in [-0.05, 0) is 0 Å². The van der Waals surface area contributed by atoms with Crippen molar-refractivity contribution in [2.24, 2.45) is 11.8 Å². The van der Waals surface area contributed by atoms with Gasteiger partial charge in [0.15, 0.2) is 0 Å². The van der Waals surface area contributed by atoms with Crippen molar-refractivity contribution in [3.05, 3.63) is 129 Å². The van der Waals surface area contributed by atoms with Crippen molar-refractivity contribution < 1.29 is 44.8 Å². The molecule has 262 valence electrons. The zero-order valence-corrected chi connectivity index (χ0v) is 35.5. The van der Waals surface area contributed by atoms with Gasteiger partial charge in [0.25, 0.3) is 0 Å². The number of aryl methyl sites for hydroxylation is 2. The number of rotatable bonds is 6. The van der Waals surface area contributed by atoms with Gasteiger partial charge in [-0.15, -0.1) is 0 Å². The summed E-state index contributed by atoms with van der Waals surface area (Å²) in [5.74, 6) is 1.59. The topological polar surface area (TPSA) is 0 Å². The van der Waals surface area contributed by atoms with Crippen molar-refractivity contribution >= 4 is 12.2 Å². The first-order valence-electron chi connectivity index (χ1n) is 20.0. The van der Waals surface area contributed by atoms with Gasteiger partial charge in [-0.3, -0.25) is 0 Å². The van der Waals surface area contributed by atoms with E-state index in [2.05, 4.69) is 111 Å². The summed E-state index contributed by atoms with van der Waals surface area (Å²) < 4.78 is 3.61. The minimum atomic E-state index is -3.29. The van der Waals surface area contributed by atoms with Crippen LogP contribution in [0.2, 0.25) is 7.35 Å². The molecule has 3 heteroatoms. The molecular formula is C48H52Cl2Hf. The van der Waals surface area contributed by atoms with Crippen molar-refractivity contribution in [1.29, 1.82) is 0 Å². The molecule has 4 aromatic carbocycles. The van der Waals surface area contributed by atoms with Crippen molar-refractivity contribution in [2.45, 2.75) is 106 Å². The molecule has 5 aliphatic carbocycles. The summed E-state index contributed by atoms with van der Waals surface area (Å²) in [6.45, 7) is 4.44. The number of fused-ring (bicyclic) bond motifs is 3. The van der Waals surface area contributed by atoms with Crippen LogP contribution in [0.5, 0.6) is 0 Å². The summed E-state index contributed by atoms with van der Waals surface area (Å²) in [4.78, 5) is 0. The smallest absolute Gasteiger partial charge is 1.00 e. The van der Waals surface area contributed by atoms with Crippen LogP contribution in [-0.4, -0.2) is 0 Å². The Morgan fingerprint density at radius 1 is 0.451 bits per heavy atom. The van der Waals surface area contributed by atoms with Crippen LogP contribution in [0.3, 0.4) is 0 Å². The molecule has 4 fully saturated rings. The van der Waals surface area contributed by atoms with E-state index in [0.29, 0.717) is 0 Å². The van der Waals surface area contributed by atoms with Gasteiger partial charge >= 0.3 is 301 Å². The Morgan fingerprint density at radius 3 is 1.22 bits per heavy atom. The molecule has 10 rings (SSSR count). The Balaban J connectivity index is 0.00000187. The largest absolute Gasteiger partial charge is 1.00 e. The van der Waals surface area contributed by atoms with Crippen molar-refractivity contribution in [2.75, 3.05) is 0 Å². The second-order valence-corrected chi connectivity index (χ2v) is 33.6. The third kappa shape index (κ3) is 5.69. The molecule has 0 radical (unpaired) electrons. The predicted molar refractivity (Wildman–Crippen MR) is 205 cm³/mol. The third-order valence-corrected chi connectivity index (χ3v) is 39.1. The Bertz CT molecular complexity index is 1830. The van der Waals surface area contributed by atoms with E-state index < -0.39 is 20.0 Å². The van der Waals surface area contributed by atoms with Gasteiger partial charge < -0.3 is 24.8 Å². The van der Waals surface area contributed by atoms with Gasteiger partial charge in [0.2, 0.25) is 0 Å². The number of hydrogen-bond acceptors (Lipinski definition) is 0. The zero-order valence-electron chi connectivity index (χ0n) is 30.4. The number of benzene rings is 4. The Kier molecular flexibility index (Phi) is 9.99. The average Bonchev–Trinajstić information content (AvgIpc) is 3.80. The van der Waals surface area contributed by atoms with Crippen LogP contribution < -0.4 is 24.8 Å². The summed E-state index contributed by atoms with van der Waals surface area (Å²) >= 11 is -3.29. The second-order valence-electron chi connectivity index (χ2n) is 17.0. The fraction of sp³-hybridized carbons (Fsp3) is 0.417. The van der Waals surface area contributed by atoms with Crippen molar-refractivity contribution in [1.82, 2.24) is 0 Å². The molecule has 1 saturated heterocycles. The van der Waals surface area contributed by atoms with Crippen LogP contribution in [0.4, 0.5) is 0 Å². The molecule has 0 nitrogen and oxygen atoms in total. The molecule has 6 aliphatic rings. The molecule has 0 amide bonds. The van der Waals surface area contributed by atoms with Crippen LogP contribution in [0.1, 0.15) is 118 Å². The summed E-state index contributed by atoms with van der Waals surface area (Å²) in [6.07, 6.45) is 23.0. The zero-order chi connectivity index (χ0) is 32.7. The van der Waals surface area contributed by atoms with Gasteiger partial charge in [-0.2, -0.15) is 0 Å². The second kappa shape index (κ2) is 14.2. The first-order chi connectivity index (χ1) is 24.1. The van der Waals surface area contributed by atoms with E-state index in [0.717, 1.165) is 26.5 Å². The molecule has 1 heterocycles. The van der Waals surface area contributed by atoms with E-state index in [1.54, 1.807) is 22.3 Å². The first-order valence-corrected chi connectivity index (χ1v) is 28.3. The van der Waals surface area contributed by atoms with Crippen LogP contribution in [0, 0.1) is 25.7 Å². The summed E-state index contributed by atoms with van der Waals surface area (Å²) in [6, 6.07) is 33.9. The van der Waals surface area contributed by atoms with E-state index in [9.17, 15) is 0 Å². The standard InChI is InChI=1S/2C21H21.C6H10.2ClH.Hf/c2*1-15-9-11-17(12-10-15)20-8-4-7-18-13-19(14-21(18)20)16-5-2-3-6-16;1-2-4-6-5-3-1;;;/h2*4,7-14,16H,2-3,5-6H2,1H3;1-2H,3-6H2;2*1H;/q;;;;;+2/p-2. The monoisotopic (exact) mass is 878 g/mol. The van der Waals surface area contributed by atoms with Gasteiger partial charge in [0.05, 0.1) is 0 Å². The maximum Gasteiger partial charge on any atom is -1.00 e. The number of allylic oxidation sites excluding steroid dienone is 2. The summed E-state index contributed by atoms with van der Waals surface area (Å²) in [7, 11) is 0. The van der Waals surface area contributed by atoms with Gasteiger partial charge in [-0.1, -0.05) is 0 Å². The van der Waals surface area contributed by atoms with Crippen LogP contribution >= 0.6 is 0 Å². The van der Waals surface area contributed by atoms with Crippen molar-refractivity contribution in [3.63, 3.8) is 0 Å². The molecule has 0 bridgehead atoms.